The van der Waals surface area contributed by atoms with Crippen molar-refractivity contribution in [3.8, 4) is 17.6 Å². The number of benzene rings is 5. The standard InChI is InChI=1S/C57H58N4O10/c1-35(2)46(52(65)70-3)59-55(68)60-43-28-23-36(29-32-56(69)30-15-4-5-16-31-56)33-42(43)57(54(60)67)45(51(64)58-34-44(63)37-17-9-6-10-18-37)48-53(66)71-49(39-21-13-8-14-22-39)47(38-19-11-7-12-20-38)61(48)50(57)40-24-26-41(62)27-25-40/h6-14,17-28,33,35,44-50,62-63,69H,4-5,15-16,30-31,34H2,1-3H3,(H,58,64)(H,59,68)/t44-,45-,46-,47-,48-,49+,50+,57-/m0/s1. The van der Waals surface area contributed by atoms with E-state index in [9.17, 15) is 20.1 Å². The van der Waals surface area contributed by atoms with Gasteiger partial charge in [-0.2, -0.15) is 0 Å². The van der Waals surface area contributed by atoms with Gasteiger partial charge in [0, 0.05) is 12.1 Å². The number of methoxy groups -OCH3 is 1. The maximum atomic E-state index is 16.6. The lowest BCUT2D eigenvalue weighted by molar-refractivity contribution is -0.178. The topological polar surface area (TPSA) is 195 Å². The predicted molar refractivity (Wildman–Crippen MR) is 263 cm³/mol. The van der Waals surface area contributed by atoms with Crippen LogP contribution in [0.1, 0.15) is 110 Å². The second-order valence-electron chi connectivity index (χ2n) is 19.3. The van der Waals surface area contributed by atoms with Crippen LogP contribution in [0.15, 0.2) is 133 Å². The molecule has 1 saturated carbocycles. The van der Waals surface area contributed by atoms with Crippen molar-refractivity contribution in [1.29, 1.82) is 0 Å². The van der Waals surface area contributed by atoms with E-state index in [4.69, 9.17) is 9.47 Å². The lowest BCUT2D eigenvalue weighted by Gasteiger charge is -2.46. The Morgan fingerprint density at radius 2 is 1.42 bits per heavy atom. The molecule has 0 aromatic heterocycles. The van der Waals surface area contributed by atoms with Gasteiger partial charge in [0.05, 0.1) is 36.9 Å². The number of urea groups is 1. The van der Waals surface area contributed by atoms with Crippen molar-refractivity contribution >= 4 is 35.5 Å². The van der Waals surface area contributed by atoms with Gasteiger partial charge < -0.3 is 35.4 Å². The zero-order valence-electron chi connectivity index (χ0n) is 39.9. The van der Waals surface area contributed by atoms with Crippen molar-refractivity contribution in [3.63, 3.8) is 0 Å². The zero-order chi connectivity index (χ0) is 50.0. The number of nitrogens with zero attached hydrogens (tertiary/aromatic N) is 2. The maximum absolute atomic E-state index is 16.6. The second kappa shape index (κ2) is 20.2. The number of aliphatic hydroxyl groups excluding tert-OH is 1. The molecule has 4 aliphatic rings. The molecule has 3 aliphatic heterocycles. The van der Waals surface area contributed by atoms with E-state index in [0.717, 1.165) is 30.6 Å². The number of aliphatic hydroxyl groups is 2. The highest BCUT2D eigenvalue weighted by atomic mass is 16.6. The van der Waals surface area contributed by atoms with Crippen LogP contribution in [0.4, 0.5) is 10.5 Å². The number of cyclic esters (lactones) is 1. The molecule has 3 heterocycles. The van der Waals surface area contributed by atoms with Gasteiger partial charge in [0.25, 0.3) is 0 Å². The number of imide groups is 1. The van der Waals surface area contributed by atoms with E-state index in [1.54, 1.807) is 74.5 Å². The van der Waals surface area contributed by atoms with Gasteiger partial charge in [0.15, 0.2) is 0 Å². The SMILES string of the molecule is COC(=O)[C@@H](NC(=O)N1C(=O)[C@@]2(c3cc(C#CC4(O)CCCCCC4)ccc31)[C@H](C(=O)NC[C@H](O)c1ccccc1)[C@H]1C(=O)O[C@H](c3ccccc3)[C@H](c3ccccc3)N1[C@@H]2c1ccc(O)cc1)C(C)C. The minimum atomic E-state index is -2.19. The first-order valence-electron chi connectivity index (χ1n) is 24.3. The molecule has 0 bridgehead atoms. The molecular formula is C57H58N4O10. The maximum Gasteiger partial charge on any atom is 0.329 e. The normalized spacial score (nSPS) is 24.4. The summed E-state index contributed by atoms with van der Waals surface area (Å²) < 4.78 is 11.6. The van der Waals surface area contributed by atoms with Crippen molar-refractivity contribution < 1.29 is 48.8 Å². The fourth-order valence-electron chi connectivity index (χ4n) is 11.2. The van der Waals surface area contributed by atoms with E-state index < -0.39 is 89.0 Å². The summed E-state index contributed by atoms with van der Waals surface area (Å²) in [5.74, 6) is 0.812. The summed E-state index contributed by atoms with van der Waals surface area (Å²) in [4.78, 5) is 78.9. The number of fused-ring (bicyclic) bond motifs is 3. The van der Waals surface area contributed by atoms with Crippen molar-refractivity contribution in [2.75, 3.05) is 18.6 Å². The molecule has 3 fully saturated rings. The first kappa shape index (κ1) is 48.7. The zero-order valence-corrected chi connectivity index (χ0v) is 39.9. The molecule has 14 heteroatoms. The Balaban J connectivity index is 1.33. The summed E-state index contributed by atoms with van der Waals surface area (Å²) in [6.07, 6.45) is 2.30. The van der Waals surface area contributed by atoms with Crippen LogP contribution in [-0.2, 0) is 34.1 Å². The minimum Gasteiger partial charge on any atom is -0.508 e. The van der Waals surface area contributed by atoms with Gasteiger partial charge in [-0.1, -0.05) is 142 Å². The molecule has 71 heavy (non-hydrogen) atoms. The van der Waals surface area contributed by atoms with Crippen molar-refractivity contribution in [1.82, 2.24) is 15.5 Å². The Morgan fingerprint density at radius 1 is 0.803 bits per heavy atom. The van der Waals surface area contributed by atoms with Crippen LogP contribution in [0.3, 0.4) is 0 Å². The fourth-order valence-corrected chi connectivity index (χ4v) is 11.2. The number of esters is 2. The second-order valence-corrected chi connectivity index (χ2v) is 19.3. The van der Waals surface area contributed by atoms with Crippen LogP contribution >= 0.6 is 0 Å². The van der Waals surface area contributed by atoms with Crippen LogP contribution in [-0.4, -0.2) is 81.3 Å². The molecule has 0 radical (unpaired) electrons. The summed E-state index contributed by atoms with van der Waals surface area (Å²) in [5, 5.41) is 39.6. The van der Waals surface area contributed by atoms with E-state index >= 15 is 19.2 Å². The van der Waals surface area contributed by atoms with E-state index in [2.05, 4.69) is 22.5 Å². The summed E-state index contributed by atoms with van der Waals surface area (Å²) in [5.41, 5.74) is -0.621. The number of hydrogen-bond acceptors (Lipinski definition) is 11. The molecule has 1 aliphatic carbocycles. The smallest absolute Gasteiger partial charge is 0.329 e. The Hall–Kier alpha value is -7.31. The molecular weight excluding hydrogens is 901 g/mol. The molecule has 4 amide bonds. The number of carbonyl (C=O) groups excluding carboxylic acids is 5. The Kier molecular flexibility index (Phi) is 13.9. The molecule has 5 aromatic rings. The largest absolute Gasteiger partial charge is 0.508 e. The molecule has 2 saturated heterocycles. The van der Waals surface area contributed by atoms with Gasteiger partial charge in [-0.05, 0) is 89.8 Å². The van der Waals surface area contributed by atoms with Crippen LogP contribution in [0.5, 0.6) is 5.75 Å². The number of rotatable bonds is 10. The van der Waals surface area contributed by atoms with Crippen LogP contribution in [0.25, 0.3) is 0 Å². The van der Waals surface area contributed by atoms with Gasteiger partial charge in [-0.3, -0.25) is 19.3 Å². The van der Waals surface area contributed by atoms with Crippen molar-refractivity contribution in [2.24, 2.45) is 11.8 Å². The van der Waals surface area contributed by atoms with Crippen LogP contribution < -0.4 is 15.5 Å². The number of amides is 4. The third-order valence-corrected chi connectivity index (χ3v) is 14.6. The summed E-state index contributed by atoms with van der Waals surface area (Å²) in [7, 11) is 1.20. The fraction of sp³-hybridized carbons (Fsp3) is 0.351. The predicted octanol–water partition coefficient (Wildman–Crippen LogP) is 7.25. The number of nitrogens with one attached hydrogen (secondary N) is 2. The third kappa shape index (κ3) is 9.05. The lowest BCUT2D eigenvalue weighted by atomic mass is 9.65. The Bertz CT molecular complexity index is 2840. The quantitative estimate of drug-likeness (QED) is 0.0538. The van der Waals surface area contributed by atoms with Crippen LogP contribution in [0.2, 0.25) is 0 Å². The number of phenols is 1. The average Bonchev–Trinajstić information content (AvgIpc) is 3.72. The minimum absolute atomic E-state index is 0.0635. The number of hydrogen-bond donors (Lipinski definition) is 5. The molecule has 0 unspecified atom stereocenters. The van der Waals surface area contributed by atoms with Crippen LogP contribution in [0, 0.1) is 23.7 Å². The number of carbonyl (C=O) groups is 5. The van der Waals surface area contributed by atoms with Gasteiger partial charge in [-0.15, -0.1) is 0 Å². The molecule has 366 valence electrons. The first-order valence-corrected chi connectivity index (χ1v) is 24.3. The van der Waals surface area contributed by atoms with E-state index in [1.165, 1.54) is 19.2 Å². The number of ether oxygens (including phenoxy) is 2. The lowest BCUT2D eigenvalue weighted by Crippen LogP contribution is -2.58. The summed E-state index contributed by atoms with van der Waals surface area (Å²) >= 11 is 0. The number of phenolic OH excluding ortho intramolecular Hbond substituents is 1. The molecule has 9 rings (SSSR count). The average molecular weight is 959 g/mol. The Morgan fingerprint density at radius 3 is 2.04 bits per heavy atom. The monoisotopic (exact) mass is 958 g/mol. The first-order chi connectivity index (χ1) is 34.3. The van der Waals surface area contributed by atoms with Crippen molar-refractivity contribution in [2.45, 2.75) is 99.8 Å². The van der Waals surface area contributed by atoms with E-state index in [-0.39, 0.29) is 23.5 Å². The number of aromatic hydroxyl groups is 1. The van der Waals surface area contributed by atoms with Gasteiger partial charge in [-0.25, -0.2) is 14.5 Å². The van der Waals surface area contributed by atoms with E-state index in [1.807, 2.05) is 65.6 Å². The third-order valence-electron chi connectivity index (χ3n) is 14.6. The highest BCUT2D eigenvalue weighted by Gasteiger charge is 2.75. The van der Waals surface area contributed by atoms with E-state index in [0.29, 0.717) is 40.7 Å². The van der Waals surface area contributed by atoms with Gasteiger partial charge in [0.2, 0.25) is 11.8 Å². The Labute approximate surface area is 413 Å². The van der Waals surface area contributed by atoms with Gasteiger partial charge in [0.1, 0.15) is 35.0 Å². The summed E-state index contributed by atoms with van der Waals surface area (Å²) in [6, 6.07) is 32.4. The number of morpholine rings is 1. The number of anilines is 1. The van der Waals surface area contributed by atoms with Crippen molar-refractivity contribution in [3.05, 3.63) is 167 Å². The molecule has 8 atom stereocenters. The van der Waals surface area contributed by atoms with Gasteiger partial charge >= 0.3 is 18.0 Å². The molecule has 1 spiro atoms. The molecule has 5 aromatic carbocycles. The highest BCUT2D eigenvalue weighted by molar-refractivity contribution is 6.25. The summed E-state index contributed by atoms with van der Waals surface area (Å²) in [6.45, 7) is 3.12. The molecule has 5 N–H and O–H groups in total. The highest BCUT2D eigenvalue weighted by Crippen LogP contribution is 2.66. The molecule has 14 nitrogen and oxygen atoms in total.